The summed E-state index contributed by atoms with van der Waals surface area (Å²) in [5, 5.41) is 0.587. The molecule has 0 heterocycles. The van der Waals surface area contributed by atoms with Gasteiger partial charge in [0.2, 0.25) is 0 Å². The first-order chi connectivity index (χ1) is 14.6. The lowest BCUT2D eigenvalue weighted by Gasteiger charge is -2.50. The number of benzene rings is 1. The fraction of sp³-hybridized carbons (Fsp3) is 0.778. The minimum Gasteiger partial charge on any atom is -0.229 e. The lowest BCUT2D eigenvalue weighted by Crippen LogP contribution is -2.42. The van der Waals surface area contributed by atoms with E-state index in [1.54, 1.807) is 0 Å². The highest BCUT2D eigenvalue weighted by Crippen LogP contribution is 2.53. The van der Waals surface area contributed by atoms with Crippen LogP contribution in [0.1, 0.15) is 97.5 Å². The molecule has 0 N–H and O–H groups in total. The zero-order chi connectivity index (χ0) is 22.6. The number of hydrogen-bond donors (Lipinski definition) is 0. The summed E-state index contributed by atoms with van der Waals surface area (Å²) in [6.07, 6.45) is 12.5. The Morgan fingerprint density at radius 3 is 2.03 bits per heavy atom. The summed E-state index contributed by atoms with van der Waals surface area (Å²) in [7, 11) is -2.91. The van der Waals surface area contributed by atoms with Gasteiger partial charge in [-0.2, -0.15) is 0 Å². The van der Waals surface area contributed by atoms with Crippen LogP contribution in [-0.2, 0) is 15.3 Å². The van der Waals surface area contributed by atoms with E-state index in [0.717, 1.165) is 29.7 Å². The van der Waals surface area contributed by atoms with Crippen molar-refractivity contribution in [2.75, 3.05) is 5.75 Å². The fourth-order valence-corrected chi connectivity index (χ4v) is 7.61. The predicted molar refractivity (Wildman–Crippen MR) is 134 cm³/mol. The van der Waals surface area contributed by atoms with E-state index in [-0.39, 0.29) is 5.25 Å². The molecule has 0 amide bonds. The molecule has 3 rings (SSSR count). The molecule has 2 fully saturated rings. The van der Waals surface area contributed by atoms with E-state index in [9.17, 15) is 8.42 Å². The molecule has 2 aliphatic carbocycles. The summed E-state index contributed by atoms with van der Waals surface area (Å²) in [6, 6.07) is 8.68. The van der Waals surface area contributed by atoms with Gasteiger partial charge in [0.05, 0.1) is 11.0 Å². The third-order valence-corrected chi connectivity index (χ3v) is 10.9. The van der Waals surface area contributed by atoms with Crippen LogP contribution in [0, 0.1) is 23.7 Å². The van der Waals surface area contributed by atoms with Gasteiger partial charge in [-0.3, -0.25) is 0 Å². The molecule has 1 aromatic carbocycles. The number of hydrogen-bond acceptors (Lipinski definition) is 2. The van der Waals surface area contributed by atoms with Crippen LogP contribution in [0.5, 0.6) is 0 Å². The Morgan fingerprint density at radius 1 is 0.968 bits per heavy atom. The minimum absolute atomic E-state index is 0.242. The fourth-order valence-electron chi connectivity index (χ4n) is 6.11. The Balaban J connectivity index is 1.59. The Kier molecular flexibility index (Phi) is 8.57. The van der Waals surface area contributed by atoms with E-state index in [0.29, 0.717) is 23.0 Å². The molecule has 2 nitrogen and oxygen atoms in total. The molecule has 31 heavy (non-hydrogen) atoms. The summed E-state index contributed by atoms with van der Waals surface area (Å²) >= 11 is 6.18. The molecule has 4 heteroatoms. The maximum absolute atomic E-state index is 12.3. The van der Waals surface area contributed by atoms with E-state index in [4.69, 9.17) is 11.6 Å². The quantitative estimate of drug-likeness (QED) is 0.352. The van der Waals surface area contributed by atoms with Gasteiger partial charge in [0.15, 0.2) is 9.84 Å². The van der Waals surface area contributed by atoms with Crippen LogP contribution >= 0.6 is 11.6 Å². The third-order valence-electron chi connectivity index (χ3n) is 8.28. The Labute approximate surface area is 196 Å². The van der Waals surface area contributed by atoms with Crippen LogP contribution in [0.25, 0.3) is 0 Å². The zero-order valence-electron chi connectivity index (χ0n) is 20.1. The molecule has 0 aliphatic heterocycles. The van der Waals surface area contributed by atoms with Crippen LogP contribution in [-0.4, -0.2) is 19.4 Å². The molecule has 2 aliphatic rings. The largest absolute Gasteiger partial charge is 0.229 e. The Bertz CT molecular complexity index is 785. The average molecular weight is 467 g/mol. The minimum atomic E-state index is -2.91. The van der Waals surface area contributed by atoms with Crippen molar-refractivity contribution in [2.24, 2.45) is 23.7 Å². The van der Waals surface area contributed by atoms with Gasteiger partial charge in [-0.25, -0.2) is 8.42 Å². The number of halogens is 1. The molecule has 1 unspecified atom stereocenters. The maximum Gasteiger partial charge on any atom is 0.152 e. The van der Waals surface area contributed by atoms with E-state index in [1.807, 2.05) is 13.8 Å². The van der Waals surface area contributed by atoms with Crippen molar-refractivity contribution in [3.63, 3.8) is 0 Å². The van der Waals surface area contributed by atoms with Gasteiger partial charge in [-0.05, 0) is 99.2 Å². The first-order valence-corrected chi connectivity index (χ1v) is 14.7. The van der Waals surface area contributed by atoms with E-state index in [2.05, 4.69) is 38.1 Å². The van der Waals surface area contributed by atoms with Crippen molar-refractivity contribution in [2.45, 2.75) is 103 Å². The van der Waals surface area contributed by atoms with Crippen LogP contribution in [0.2, 0.25) is 5.02 Å². The summed E-state index contributed by atoms with van der Waals surface area (Å²) in [5.74, 6) is 3.00. The molecular formula is C27H43ClO2S. The maximum atomic E-state index is 12.3. The molecule has 0 saturated heterocycles. The predicted octanol–water partition coefficient (Wildman–Crippen LogP) is 7.83. The summed E-state index contributed by atoms with van der Waals surface area (Å²) < 4.78 is 24.6. The molecule has 176 valence electrons. The van der Waals surface area contributed by atoms with Gasteiger partial charge in [0, 0.05) is 5.02 Å². The molecule has 2 saturated carbocycles. The monoisotopic (exact) mass is 466 g/mol. The van der Waals surface area contributed by atoms with Crippen LogP contribution in [0.3, 0.4) is 0 Å². The Morgan fingerprint density at radius 2 is 1.55 bits per heavy atom. The van der Waals surface area contributed by atoms with Crippen molar-refractivity contribution in [3.05, 3.63) is 34.9 Å². The lowest BCUT2D eigenvalue weighted by molar-refractivity contribution is 0.107. The van der Waals surface area contributed by atoms with Crippen LogP contribution in [0.15, 0.2) is 24.3 Å². The summed E-state index contributed by atoms with van der Waals surface area (Å²) in [6.45, 7) is 8.35. The lowest BCUT2D eigenvalue weighted by atomic mass is 9.55. The van der Waals surface area contributed by atoms with Crippen molar-refractivity contribution in [3.8, 4) is 0 Å². The van der Waals surface area contributed by atoms with Crippen LogP contribution in [0.4, 0.5) is 0 Å². The summed E-state index contributed by atoms with van der Waals surface area (Å²) in [5.41, 5.74) is 1.84. The van der Waals surface area contributed by atoms with Gasteiger partial charge in [0.1, 0.15) is 0 Å². The van der Waals surface area contributed by atoms with Crippen molar-refractivity contribution >= 4 is 21.4 Å². The Hall–Kier alpha value is -0.540. The highest BCUT2D eigenvalue weighted by molar-refractivity contribution is 7.91. The topological polar surface area (TPSA) is 34.1 Å². The van der Waals surface area contributed by atoms with Gasteiger partial charge in [-0.1, -0.05) is 63.3 Å². The standard InChI is InChI=1S/C27H43ClO2S/c1-20(2)18-25(27(16-5-17-27)24-12-14-26(28)15-13-24)11-10-22-6-8-23(9-7-22)19-31(29,30)21(3)4/h12-15,20-23,25H,5-11,16-19H2,1-4H3. The highest BCUT2D eigenvalue weighted by Gasteiger charge is 2.45. The van der Waals surface area contributed by atoms with Gasteiger partial charge < -0.3 is 0 Å². The number of sulfone groups is 1. The molecule has 0 aromatic heterocycles. The second kappa shape index (κ2) is 10.6. The van der Waals surface area contributed by atoms with E-state index < -0.39 is 9.84 Å². The van der Waals surface area contributed by atoms with Gasteiger partial charge in [-0.15, -0.1) is 0 Å². The molecule has 0 radical (unpaired) electrons. The van der Waals surface area contributed by atoms with E-state index in [1.165, 1.54) is 56.9 Å². The average Bonchev–Trinajstić information content (AvgIpc) is 2.67. The molecule has 1 aromatic rings. The first kappa shape index (κ1) is 25.1. The highest BCUT2D eigenvalue weighted by atomic mass is 35.5. The molecule has 0 spiro atoms. The van der Waals surface area contributed by atoms with Gasteiger partial charge in [0.25, 0.3) is 0 Å². The molecular weight excluding hydrogens is 424 g/mol. The SMILES string of the molecule is CC(C)CC(CCC1CCC(CS(=O)(=O)C(C)C)CC1)C1(c2ccc(Cl)cc2)CCC1. The van der Waals surface area contributed by atoms with Crippen molar-refractivity contribution in [1.29, 1.82) is 0 Å². The molecule has 0 bridgehead atoms. The third kappa shape index (κ3) is 6.28. The normalized spacial score (nSPS) is 24.9. The van der Waals surface area contributed by atoms with Crippen molar-refractivity contribution in [1.82, 2.24) is 0 Å². The number of rotatable bonds is 10. The van der Waals surface area contributed by atoms with E-state index >= 15 is 0 Å². The summed E-state index contributed by atoms with van der Waals surface area (Å²) in [4.78, 5) is 0. The smallest absolute Gasteiger partial charge is 0.152 e. The molecule has 1 atom stereocenters. The zero-order valence-corrected chi connectivity index (χ0v) is 21.6. The van der Waals surface area contributed by atoms with Crippen molar-refractivity contribution < 1.29 is 8.42 Å². The second-order valence-corrected chi connectivity index (χ2v) is 14.2. The van der Waals surface area contributed by atoms with Gasteiger partial charge >= 0.3 is 0 Å². The second-order valence-electron chi connectivity index (χ2n) is 11.2. The van der Waals surface area contributed by atoms with Crippen LogP contribution < -0.4 is 0 Å². The first-order valence-electron chi connectivity index (χ1n) is 12.6.